The molecule has 6 heteroatoms. The van der Waals surface area contributed by atoms with E-state index in [0.29, 0.717) is 6.04 Å². The standard InChI is InChI=1S/C11H17N3OS2/c1-8(10-12-4-6-16-10)13-11-14-9(7-17-11)3-5-15-2/h4,6,8-9H,3,5,7H2,1-2H3,(H,13,14). The Bertz CT molecular complexity index is 367. The molecule has 2 atom stereocenters. The Hall–Kier alpha value is -0.590. The van der Waals surface area contributed by atoms with Crippen molar-refractivity contribution < 1.29 is 4.74 Å². The first-order chi connectivity index (χ1) is 8.29. The summed E-state index contributed by atoms with van der Waals surface area (Å²) < 4.78 is 5.07. The van der Waals surface area contributed by atoms with Crippen molar-refractivity contribution in [2.24, 2.45) is 4.99 Å². The summed E-state index contributed by atoms with van der Waals surface area (Å²) in [4.78, 5) is 8.94. The van der Waals surface area contributed by atoms with Crippen LogP contribution in [0.15, 0.2) is 16.6 Å². The van der Waals surface area contributed by atoms with Crippen molar-refractivity contribution in [3.8, 4) is 0 Å². The maximum atomic E-state index is 5.07. The molecule has 1 aliphatic heterocycles. The summed E-state index contributed by atoms with van der Waals surface area (Å²) in [6.07, 6.45) is 2.84. The number of thioether (sulfide) groups is 1. The molecular formula is C11H17N3OS2. The van der Waals surface area contributed by atoms with Crippen molar-refractivity contribution in [1.29, 1.82) is 0 Å². The molecule has 2 heterocycles. The Morgan fingerprint density at radius 1 is 1.65 bits per heavy atom. The van der Waals surface area contributed by atoms with Crippen molar-refractivity contribution in [3.63, 3.8) is 0 Å². The first-order valence-electron chi connectivity index (χ1n) is 5.65. The van der Waals surface area contributed by atoms with Crippen LogP contribution >= 0.6 is 23.1 Å². The quantitative estimate of drug-likeness (QED) is 0.892. The number of amidine groups is 1. The number of hydrogen-bond donors (Lipinski definition) is 1. The van der Waals surface area contributed by atoms with E-state index in [1.807, 2.05) is 11.6 Å². The van der Waals surface area contributed by atoms with Crippen LogP contribution in [0.3, 0.4) is 0 Å². The largest absolute Gasteiger partial charge is 0.385 e. The first-order valence-corrected chi connectivity index (χ1v) is 7.51. The van der Waals surface area contributed by atoms with Crippen molar-refractivity contribution in [2.45, 2.75) is 25.4 Å². The Labute approximate surface area is 110 Å². The molecule has 4 nitrogen and oxygen atoms in total. The second kappa shape index (κ2) is 6.37. The van der Waals surface area contributed by atoms with Gasteiger partial charge in [-0.15, -0.1) is 11.3 Å². The SMILES string of the molecule is COCCC1CSC(NC(C)c2nccs2)=N1. The molecule has 0 fully saturated rings. The Morgan fingerprint density at radius 3 is 3.24 bits per heavy atom. The molecule has 2 unspecified atom stereocenters. The number of aliphatic imine (C=N–C) groups is 1. The molecule has 1 aromatic rings. The Kier molecular flexibility index (Phi) is 4.82. The maximum Gasteiger partial charge on any atom is 0.157 e. The number of hydrogen-bond acceptors (Lipinski definition) is 6. The minimum Gasteiger partial charge on any atom is -0.385 e. The van der Waals surface area contributed by atoms with E-state index in [2.05, 4.69) is 22.2 Å². The van der Waals surface area contributed by atoms with Gasteiger partial charge in [0.2, 0.25) is 0 Å². The summed E-state index contributed by atoms with van der Waals surface area (Å²) in [5, 5.41) is 7.55. The van der Waals surface area contributed by atoms with Gasteiger partial charge in [0.25, 0.3) is 0 Å². The highest BCUT2D eigenvalue weighted by Crippen LogP contribution is 2.22. The smallest absolute Gasteiger partial charge is 0.157 e. The number of rotatable bonds is 5. The molecule has 0 aromatic carbocycles. The third-order valence-electron chi connectivity index (χ3n) is 2.53. The Balaban J connectivity index is 1.83. The summed E-state index contributed by atoms with van der Waals surface area (Å²) in [7, 11) is 1.73. The van der Waals surface area contributed by atoms with Gasteiger partial charge in [-0.3, -0.25) is 4.99 Å². The summed E-state index contributed by atoms with van der Waals surface area (Å²) in [5.74, 6) is 1.05. The Morgan fingerprint density at radius 2 is 2.53 bits per heavy atom. The molecule has 0 spiro atoms. The zero-order valence-corrected chi connectivity index (χ0v) is 11.7. The lowest BCUT2D eigenvalue weighted by atomic mass is 10.2. The van der Waals surface area contributed by atoms with Crippen molar-refractivity contribution in [2.75, 3.05) is 19.5 Å². The van der Waals surface area contributed by atoms with Gasteiger partial charge >= 0.3 is 0 Å². The van der Waals surface area contributed by atoms with Gasteiger partial charge in [0, 0.05) is 31.0 Å². The normalized spacial score (nSPS) is 21.3. The van der Waals surface area contributed by atoms with Crippen molar-refractivity contribution >= 4 is 28.3 Å². The van der Waals surface area contributed by atoms with Crippen LogP contribution in [0.25, 0.3) is 0 Å². The summed E-state index contributed by atoms with van der Waals surface area (Å²) in [6, 6.07) is 0.633. The van der Waals surface area contributed by atoms with E-state index in [1.165, 1.54) is 0 Å². The van der Waals surface area contributed by atoms with E-state index in [4.69, 9.17) is 4.74 Å². The zero-order chi connectivity index (χ0) is 12.1. The lowest BCUT2D eigenvalue weighted by Crippen LogP contribution is -2.22. The fourth-order valence-corrected chi connectivity index (χ4v) is 3.31. The minimum absolute atomic E-state index is 0.238. The molecular weight excluding hydrogens is 254 g/mol. The van der Waals surface area contributed by atoms with Gasteiger partial charge in [-0.05, 0) is 13.3 Å². The predicted octanol–water partition coefficient (Wildman–Crippen LogP) is 2.30. The number of nitrogens with zero attached hydrogens (tertiary/aromatic N) is 2. The molecule has 17 heavy (non-hydrogen) atoms. The number of methoxy groups -OCH3 is 1. The lowest BCUT2D eigenvalue weighted by Gasteiger charge is -2.11. The maximum absolute atomic E-state index is 5.07. The second-order valence-corrected chi connectivity index (χ2v) is 5.85. The van der Waals surface area contributed by atoms with Gasteiger partial charge in [0.15, 0.2) is 5.17 Å². The molecule has 94 valence electrons. The third-order valence-corrected chi connectivity index (χ3v) is 4.54. The second-order valence-electron chi connectivity index (χ2n) is 3.92. The van der Waals surface area contributed by atoms with E-state index in [0.717, 1.165) is 29.0 Å². The summed E-state index contributed by atoms with van der Waals surface area (Å²) in [5.41, 5.74) is 0. The predicted molar refractivity (Wildman–Crippen MR) is 73.8 cm³/mol. The average Bonchev–Trinajstić information content (AvgIpc) is 2.97. The van der Waals surface area contributed by atoms with Crippen LogP contribution in [0, 0.1) is 0 Å². The molecule has 0 amide bonds. The van der Waals surface area contributed by atoms with Crippen LogP contribution in [0.2, 0.25) is 0 Å². The topological polar surface area (TPSA) is 46.5 Å². The van der Waals surface area contributed by atoms with Crippen LogP contribution in [-0.4, -0.2) is 35.7 Å². The van der Waals surface area contributed by atoms with E-state index in [-0.39, 0.29) is 6.04 Å². The average molecular weight is 271 g/mol. The van der Waals surface area contributed by atoms with Crippen LogP contribution in [0.5, 0.6) is 0 Å². The van der Waals surface area contributed by atoms with Gasteiger partial charge in [-0.1, -0.05) is 11.8 Å². The van der Waals surface area contributed by atoms with Crippen LogP contribution in [-0.2, 0) is 4.74 Å². The van der Waals surface area contributed by atoms with Crippen LogP contribution < -0.4 is 5.32 Å². The third kappa shape index (κ3) is 3.69. The van der Waals surface area contributed by atoms with Gasteiger partial charge in [-0.2, -0.15) is 0 Å². The van der Waals surface area contributed by atoms with E-state index in [1.54, 1.807) is 30.2 Å². The number of ether oxygens (including phenoxy) is 1. The molecule has 0 aliphatic carbocycles. The molecule has 1 aliphatic rings. The van der Waals surface area contributed by atoms with Gasteiger partial charge in [0.05, 0.1) is 12.1 Å². The first kappa shape index (κ1) is 12.9. The molecule has 2 rings (SSSR count). The van der Waals surface area contributed by atoms with Gasteiger partial charge in [0.1, 0.15) is 5.01 Å². The molecule has 0 saturated carbocycles. The summed E-state index contributed by atoms with van der Waals surface area (Å²) in [6.45, 7) is 2.90. The van der Waals surface area contributed by atoms with Gasteiger partial charge in [-0.25, -0.2) is 4.98 Å². The molecule has 0 radical (unpaired) electrons. The monoisotopic (exact) mass is 271 g/mol. The number of thiazole rings is 1. The minimum atomic E-state index is 0.238. The van der Waals surface area contributed by atoms with Crippen LogP contribution in [0.1, 0.15) is 24.4 Å². The zero-order valence-electron chi connectivity index (χ0n) is 10.0. The van der Waals surface area contributed by atoms with E-state index >= 15 is 0 Å². The summed E-state index contributed by atoms with van der Waals surface area (Å²) >= 11 is 3.46. The van der Waals surface area contributed by atoms with Crippen molar-refractivity contribution in [3.05, 3.63) is 16.6 Å². The fraction of sp³-hybridized carbons (Fsp3) is 0.636. The van der Waals surface area contributed by atoms with Crippen molar-refractivity contribution in [1.82, 2.24) is 10.3 Å². The lowest BCUT2D eigenvalue weighted by molar-refractivity contribution is 0.190. The number of aromatic nitrogens is 1. The highest BCUT2D eigenvalue weighted by molar-refractivity contribution is 8.14. The van der Waals surface area contributed by atoms with E-state index < -0.39 is 0 Å². The highest BCUT2D eigenvalue weighted by atomic mass is 32.2. The fourth-order valence-electron chi connectivity index (χ4n) is 1.59. The molecule has 1 aromatic heterocycles. The molecule has 1 N–H and O–H groups in total. The molecule has 0 bridgehead atoms. The molecule has 0 saturated heterocycles. The number of nitrogens with one attached hydrogen (secondary N) is 1. The highest BCUT2D eigenvalue weighted by Gasteiger charge is 2.20. The van der Waals surface area contributed by atoms with Gasteiger partial charge < -0.3 is 10.1 Å². The van der Waals surface area contributed by atoms with Crippen LogP contribution in [0.4, 0.5) is 0 Å². The van der Waals surface area contributed by atoms with E-state index in [9.17, 15) is 0 Å².